The molecule has 0 bridgehead atoms. The first-order valence-corrected chi connectivity index (χ1v) is 14.4. The summed E-state index contributed by atoms with van der Waals surface area (Å²) in [7, 11) is 0. The summed E-state index contributed by atoms with van der Waals surface area (Å²) in [5, 5.41) is 9.05. The molecule has 3 aliphatic rings. The molecule has 11 nitrogen and oxygen atoms in total. The molecule has 2 saturated heterocycles. The number of carbonyl (C=O) groups excluding carboxylic acids is 1. The standard InChI is InChI=1S/C28H27N5O6S2/c1-17-3-2-7-32-24(17)29-25(19(26(32)36)14-22-27(37)33(28(40)41-22)8-6-23(34)35)31-11-9-30(10-12-31)15-18-4-5-20-21(13-18)39-16-38-20/h2-5,7,13-14H,6,8-12,15-16H2,1H3,(H,34,35). The fourth-order valence-corrected chi connectivity index (χ4v) is 6.40. The predicted molar refractivity (Wildman–Crippen MR) is 158 cm³/mol. The average Bonchev–Trinajstić information content (AvgIpc) is 3.53. The van der Waals surface area contributed by atoms with Gasteiger partial charge in [0.1, 0.15) is 15.8 Å². The Bertz CT molecular complexity index is 1660. The van der Waals surface area contributed by atoms with Crippen molar-refractivity contribution in [2.75, 3.05) is 44.4 Å². The molecule has 41 heavy (non-hydrogen) atoms. The summed E-state index contributed by atoms with van der Waals surface area (Å²) in [5.74, 6) is 0.608. The van der Waals surface area contributed by atoms with Crippen LogP contribution < -0.4 is 19.9 Å². The van der Waals surface area contributed by atoms with Crippen LogP contribution >= 0.6 is 24.0 Å². The van der Waals surface area contributed by atoms with Gasteiger partial charge in [0.25, 0.3) is 11.5 Å². The van der Waals surface area contributed by atoms with Crippen molar-refractivity contribution in [2.24, 2.45) is 0 Å². The van der Waals surface area contributed by atoms with Crippen molar-refractivity contribution < 1.29 is 24.2 Å². The van der Waals surface area contributed by atoms with Crippen LogP contribution in [0, 0.1) is 6.92 Å². The normalized spacial score (nSPS) is 18.2. The number of aryl methyl sites for hydroxylation is 1. The first kappa shape index (κ1) is 27.2. The molecule has 0 aliphatic carbocycles. The SMILES string of the molecule is Cc1cccn2c(=O)c(C=C3SC(=S)N(CCC(=O)O)C3=O)c(N3CCN(Cc4ccc5c(c4)OCO5)CC3)nc12. The number of carboxylic acids is 1. The molecular weight excluding hydrogens is 566 g/mol. The Hall–Kier alpha value is -3.94. The van der Waals surface area contributed by atoms with Gasteiger partial charge in [-0.2, -0.15) is 0 Å². The molecule has 0 atom stereocenters. The minimum atomic E-state index is -1.02. The van der Waals surface area contributed by atoms with Crippen LogP contribution in [0.25, 0.3) is 11.7 Å². The third-order valence-corrected chi connectivity index (χ3v) is 8.66. The second-order valence-electron chi connectivity index (χ2n) is 9.97. The molecule has 3 aliphatic heterocycles. The van der Waals surface area contributed by atoms with Crippen molar-refractivity contribution >= 4 is 57.7 Å². The smallest absolute Gasteiger partial charge is 0.305 e. The number of piperazine rings is 1. The first-order valence-electron chi connectivity index (χ1n) is 13.1. The molecule has 5 heterocycles. The van der Waals surface area contributed by atoms with Crippen molar-refractivity contribution in [3.8, 4) is 11.5 Å². The van der Waals surface area contributed by atoms with E-state index in [1.165, 1.54) is 9.30 Å². The molecule has 1 N–H and O–H groups in total. The maximum Gasteiger partial charge on any atom is 0.305 e. The summed E-state index contributed by atoms with van der Waals surface area (Å²) in [4.78, 5) is 48.9. The maximum absolute atomic E-state index is 13.8. The Balaban J connectivity index is 1.28. The molecule has 212 valence electrons. The van der Waals surface area contributed by atoms with E-state index in [0.29, 0.717) is 30.1 Å². The fourth-order valence-electron chi connectivity index (χ4n) is 5.11. The number of hydrogen-bond donors (Lipinski definition) is 1. The number of nitrogens with zero attached hydrogens (tertiary/aromatic N) is 5. The number of anilines is 1. The average molecular weight is 594 g/mol. The molecule has 0 saturated carbocycles. The number of thioether (sulfide) groups is 1. The van der Waals surface area contributed by atoms with Crippen molar-refractivity contribution in [3.63, 3.8) is 0 Å². The van der Waals surface area contributed by atoms with Gasteiger partial charge in [0.2, 0.25) is 6.79 Å². The lowest BCUT2D eigenvalue weighted by Gasteiger charge is -2.36. The Morgan fingerprint density at radius 2 is 1.93 bits per heavy atom. The van der Waals surface area contributed by atoms with Crippen molar-refractivity contribution in [1.29, 1.82) is 0 Å². The topological polar surface area (TPSA) is 117 Å². The number of amides is 1. The van der Waals surface area contributed by atoms with E-state index in [9.17, 15) is 14.4 Å². The Kier molecular flexibility index (Phi) is 7.41. The highest BCUT2D eigenvalue weighted by molar-refractivity contribution is 8.26. The van der Waals surface area contributed by atoms with Gasteiger partial charge in [0.05, 0.1) is 16.9 Å². The van der Waals surface area contributed by atoms with Gasteiger partial charge >= 0.3 is 5.97 Å². The molecule has 3 aromatic rings. The minimum absolute atomic E-state index is 0.0241. The second-order valence-corrected chi connectivity index (χ2v) is 11.6. The molecule has 0 spiro atoms. The van der Waals surface area contributed by atoms with Crippen LogP contribution in [0.5, 0.6) is 11.5 Å². The van der Waals surface area contributed by atoms with E-state index >= 15 is 0 Å². The van der Waals surface area contributed by atoms with E-state index in [2.05, 4.69) is 9.80 Å². The number of hydrogen-bond acceptors (Lipinski definition) is 10. The van der Waals surface area contributed by atoms with Crippen LogP contribution in [0.4, 0.5) is 5.82 Å². The van der Waals surface area contributed by atoms with Crippen LogP contribution in [0.2, 0.25) is 0 Å². The van der Waals surface area contributed by atoms with Gasteiger partial charge in [-0.15, -0.1) is 0 Å². The van der Waals surface area contributed by atoms with Gasteiger partial charge in [-0.3, -0.25) is 28.6 Å². The molecule has 2 aromatic heterocycles. The quantitative estimate of drug-likeness (QED) is 0.322. The number of carbonyl (C=O) groups is 2. The van der Waals surface area contributed by atoms with E-state index in [1.54, 1.807) is 18.3 Å². The Morgan fingerprint density at radius 3 is 2.71 bits per heavy atom. The highest BCUT2D eigenvalue weighted by atomic mass is 32.2. The summed E-state index contributed by atoms with van der Waals surface area (Å²) in [5.41, 5.74) is 2.56. The monoisotopic (exact) mass is 593 g/mol. The summed E-state index contributed by atoms with van der Waals surface area (Å²) in [6.07, 6.45) is 3.00. The lowest BCUT2D eigenvalue weighted by atomic mass is 10.1. The van der Waals surface area contributed by atoms with E-state index in [4.69, 9.17) is 31.8 Å². The third kappa shape index (κ3) is 5.39. The fraction of sp³-hybridized carbons (Fsp3) is 0.321. The van der Waals surface area contributed by atoms with E-state index in [1.807, 2.05) is 31.2 Å². The number of pyridine rings is 1. The van der Waals surface area contributed by atoms with E-state index < -0.39 is 11.9 Å². The van der Waals surface area contributed by atoms with Gasteiger partial charge in [-0.25, -0.2) is 4.98 Å². The van der Waals surface area contributed by atoms with Gasteiger partial charge in [-0.1, -0.05) is 36.1 Å². The zero-order valence-corrected chi connectivity index (χ0v) is 23.9. The highest BCUT2D eigenvalue weighted by Crippen LogP contribution is 2.35. The van der Waals surface area contributed by atoms with Crippen LogP contribution in [0.3, 0.4) is 0 Å². The second kappa shape index (κ2) is 11.1. The Morgan fingerprint density at radius 1 is 1.15 bits per heavy atom. The molecule has 6 rings (SSSR count). The lowest BCUT2D eigenvalue weighted by molar-refractivity contribution is -0.137. The summed E-state index contributed by atoms with van der Waals surface area (Å²) < 4.78 is 12.7. The number of fused-ring (bicyclic) bond motifs is 2. The molecule has 1 aromatic carbocycles. The summed E-state index contributed by atoms with van der Waals surface area (Å²) in [6.45, 7) is 5.65. The molecule has 13 heteroatoms. The van der Waals surface area contributed by atoms with Gasteiger partial charge in [0, 0.05) is 45.5 Å². The number of benzene rings is 1. The maximum atomic E-state index is 13.8. The number of rotatable bonds is 7. The lowest BCUT2D eigenvalue weighted by Crippen LogP contribution is -2.47. The summed E-state index contributed by atoms with van der Waals surface area (Å²) in [6, 6.07) is 9.67. The number of carboxylic acid groups (broad SMARTS) is 1. The first-order chi connectivity index (χ1) is 19.8. The van der Waals surface area contributed by atoms with Gasteiger partial charge in [0.15, 0.2) is 11.5 Å². The molecule has 0 radical (unpaired) electrons. The van der Waals surface area contributed by atoms with Crippen molar-refractivity contribution in [3.05, 3.63) is 68.5 Å². The van der Waals surface area contributed by atoms with Crippen molar-refractivity contribution in [1.82, 2.24) is 19.2 Å². The number of aliphatic carboxylic acids is 1. The predicted octanol–water partition coefficient (Wildman–Crippen LogP) is 2.73. The summed E-state index contributed by atoms with van der Waals surface area (Å²) >= 11 is 6.41. The number of ether oxygens (including phenoxy) is 2. The molecule has 0 unspecified atom stereocenters. The molecule has 1 amide bonds. The molecular formula is C28H27N5O6S2. The van der Waals surface area contributed by atoms with Crippen LogP contribution in [0.15, 0.2) is 46.2 Å². The van der Waals surface area contributed by atoms with Crippen LogP contribution in [-0.4, -0.2) is 80.0 Å². The van der Waals surface area contributed by atoms with E-state index in [-0.39, 0.29) is 34.5 Å². The van der Waals surface area contributed by atoms with Crippen LogP contribution in [0.1, 0.15) is 23.1 Å². The molecule has 2 fully saturated rings. The number of aromatic nitrogens is 2. The Labute approximate surface area is 245 Å². The van der Waals surface area contributed by atoms with E-state index in [0.717, 1.165) is 54.0 Å². The van der Waals surface area contributed by atoms with Gasteiger partial charge in [-0.05, 0) is 42.3 Å². The van der Waals surface area contributed by atoms with Crippen molar-refractivity contribution in [2.45, 2.75) is 19.9 Å². The highest BCUT2D eigenvalue weighted by Gasteiger charge is 2.33. The zero-order chi connectivity index (χ0) is 28.7. The largest absolute Gasteiger partial charge is 0.481 e. The minimum Gasteiger partial charge on any atom is -0.481 e. The van der Waals surface area contributed by atoms with Gasteiger partial charge < -0.3 is 19.5 Å². The number of thiocarbonyl (C=S) groups is 1. The zero-order valence-electron chi connectivity index (χ0n) is 22.2. The third-order valence-electron chi connectivity index (χ3n) is 7.28. The van der Waals surface area contributed by atoms with Crippen LogP contribution in [-0.2, 0) is 16.1 Å².